The van der Waals surface area contributed by atoms with Crippen LogP contribution in [0.15, 0.2) is 36.7 Å². The van der Waals surface area contributed by atoms with Crippen molar-refractivity contribution in [2.24, 2.45) is 5.92 Å². The fraction of sp³-hybridized carbons (Fsp3) is 0.370. The van der Waals surface area contributed by atoms with Crippen molar-refractivity contribution in [2.75, 3.05) is 32.1 Å². The second-order valence-electron chi connectivity index (χ2n) is 9.40. The Morgan fingerprint density at radius 2 is 2.19 bits per heavy atom. The summed E-state index contributed by atoms with van der Waals surface area (Å²) in [5.41, 5.74) is 3.06. The molecule has 2 unspecified atom stereocenters. The third-order valence-electron chi connectivity index (χ3n) is 7.05. The van der Waals surface area contributed by atoms with Crippen molar-refractivity contribution in [1.82, 2.24) is 20.6 Å². The molecule has 10 heteroatoms. The maximum atomic E-state index is 14.5. The fourth-order valence-electron chi connectivity index (χ4n) is 5.04. The Morgan fingerprint density at radius 3 is 2.95 bits per heavy atom. The second-order valence-corrected chi connectivity index (χ2v) is 9.40. The van der Waals surface area contributed by atoms with Crippen molar-refractivity contribution in [1.29, 1.82) is 0 Å². The number of carbonyl (C=O) groups is 2. The highest BCUT2D eigenvalue weighted by molar-refractivity contribution is 6.07. The zero-order chi connectivity index (χ0) is 25.9. The van der Waals surface area contributed by atoms with Crippen LogP contribution in [0.1, 0.15) is 41.7 Å². The molecule has 0 saturated carbocycles. The number of aromatic amines is 1. The van der Waals surface area contributed by atoms with Crippen LogP contribution in [0.25, 0.3) is 11.3 Å². The molecule has 9 nitrogen and oxygen atoms in total. The van der Waals surface area contributed by atoms with E-state index in [9.17, 15) is 14.0 Å². The van der Waals surface area contributed by atoms with E-state index in [0.717, 1.165) is 25.7 Å². The molecule has 194 valence electrons. The van der Waals surface area contributed by atoms with Gasteiger partial charge in [-0.25, -0.2) is 4.39 Å². The Balaban J connectivity index is 1.64. The van der Waals surface area contributed by atoms with Gasteiger partial charge in [0.1, 0.15) is 18.6 Å². The van der Waals surface area contributed by atoms with Gasteiger partial charge in [0, 0.05) is 41.9 Å². The maximum absolute atomic E-state index is 14.5. The van der Waals surface area contributed by atoms with E-state index in [1.165, 1.54) is 13.2 Å². The number of benzene rings is 1. The lowest BCUT2D eigenvalue weighted by Gasteiger charge is -2.26. The van der Waals surface area contributed by atoms with E-state index in [1.54, 1.807) is 30.6 Å². The fourth-order valence-corrected chi connectivity index (χ4v) is 5.04. The van der Waals surface area contributed by atoms with Crippen LogP contribution in [-0.4, -0.2) is 55.0 Å². The lowest BCUT2D eigenvalue weighted by atomic mass is 9.87. The highest BCUT2D eigenvalue weighted by Gasteiger charge is 2.36. The third-order valence-corrected chi connectivity index (χ3v) is 7.05. The standard InChI is InChI=1S/C27H30FN5O4/c1-15(13-34)18-11-31-27(35)22-23(18)33-24(25(22)32-20-7-3-6-19(28)26(20)36-2)17-8-10-29-12-21(17)37-14-16-5-4-9-30-16/h3,6-8,10,12-13,15-16,18,30,32-33H,4-5,9,11,14H2,1-2H3,(H,31,35)/t15?,16-,18?/m1/s1. The van der Waals surface area contributed by atoms with E-state index in [0.29, 0.717) is 52.8 Å². The first-order valence-electron chi connectivity index (χ1n) is 12.4. The third kappa shape index (κ3) is 4.76. The van der Waals surface area contributed by atoms with Crippen molar-refractivity contribution in [3.63, 3.8) is 0 Å². The van der Waals surface area contributed by atoms with Crippen LogP contribution in [0.4, 0.5) is 15.8 Å². The Labute approximate surface area is 214 Å². The summed E-state index contributed by atoms with van der Waals surface area (Å²) in [6.07, 6.45) is 6.30. The van der Waals surface area contributed by atoms with Crippen molar-refractivity contribution < 1.29 is 23.5 Å². The minimum atomic E-state index is -0.535. The first-order valence-corrected chi connectivity index (χ1v) is 12.4. The van der Waals surface area contributed by atoms with E-state index >= 15 is 0 Å². The number of amides is 1. The number of pyridine rings is 1. The van der Waals surface area contributed by atoms with Gasteiger partial charge in [-0.1, -0.05) is 13.0 Å². The molecule has 37 heavy (non-hydrogen) atoms. The van der Waals surface area contributed by atoms with Gasteiger partial charge >= 0.3 is 0 Å². The Kier molecular flexibility index (Phi) is 7.09. The minimum absolute atomic E-state index is 0.0240. The van der Waals surface area contributed by atoms with E-state index in [-0.39, 0.29) is 29.5 Å². The van der Waals surface area contributed by atoms with Crippen LogP contribution in [0.3, 0.4) is 0 Å². The number of H-pyrrole nitrogens is 1. The summed E-state index contributed by atoms with van der Waals surface area (Å²) in [5.74, 6) is -0.865. The molecule has 1 saturated heterocycles. The van der Waals surface area contributed by atoms with E-state index in [1.807, 2.05) is 6.92 Å². The van der Waals surface area contributed by atoms with Gasteiger partial charge in [-0.3, -0.25) is 9.78 Å². The molecule has 0 bridgehead atoms. The lowest BCUT2D eigenvalue weighted by molar-refractivity contribution is -0.111. The molecule has 1 amide bonds. The number of carbonyl (C=O) groups excluding carboxylic acids is 2. The number of rotatable bonds is 9. The van der Waals surface area contributed by atoms with Gasteiger partial charge in [0.2, 0.25) is 0 Å². The molecule has 0 spiro atoms. The first kappa shape index (κ1) is 24.8. The number of aldehydes is 1. The number of fused-ring (bicyclic) bond motifs is 1. The van der Waals surface area contributed by atoms with Gasteiger partial charge in [0.15, 0.2) is 11.6 Å². The molecule has 4 heterocycles. The SMILES string of the molecule is COc1c(F)cccc1Nc1c(-c2ccncc2OC[C@H]2CCCN2)[nH]c2c1C(=O)NCC2C(C)C=O. The first-order chi connectivity index (χ1) is 18.0. The highest BCUT2D eigenvalue weighted by Crippen LogP contribution is 2.44. The topological polar surface area (TPSA) is 117 Å². The van der Waals surface area contributed by atoms with Crippen molar-refractivity contribution in [3.8, 4) is 22.8 Å². The zero-order valence-corrected chi connectivity index (χ0v) is 20.8. The maximum Gasteiger partial charge on any atom is 0.255 e. The molecule has 3 aromatic rings. The quantitative estimate of drug-likeness (QED) is 0.326. The molecule has 1 aromatic carbocycles. The van der Waals surface area contributed by atoms with Gasteiger partial charge < -0.3 is 35.2 Å². The van der Waals surface area contributed by atoms with E-state index < -0.39 is 5.82 Å². The van der Waals surface area contributed by atoms with Crippen LogP contribution in [0, 0.1) is 11.7 Å². The number of ether oxygens (including phenoxy) is 2. The Morgan fingerprint density at radius 1 is 1.32 bits per heavy atom. The summed E-state index contributed by atoms with van der Waals surface area (Å²) >= 11 is 0. The summed E-state index contributed by atoms with van der Waals surface area (Å²) in [7, 11) is 1.39. The number of halogens is 1. The molecule has 0 radical (unpaired) electrons. The normalized spacial score (nSPS) is 19.6. The summed E-state index contributed by atoms with van der Waals surface area (Å²) in [6, 6.07) is 6.60. The molecule has 2 aliphatic rings. The summed E-state index contributed by atoms with van der Waals surface area (Å²) < 4.78 is 26.0. The van der Waals surface area contributed by atoms with Crippen molar-refractivity contribution in [2.45, 2.75) is 31.7 Å². The Bertz CT molecular complexity index is 1300. The molecule has 5 rings (SSSR count). The number of hydrogen-bond donors (Lipinski definition) is 4. The van der Waals surface area contributed by atoms with Crippen LogP contribution >= 0.6 is 0 Å². The monoisotopic (exact) mass is 507 g/mol. The number of aromatic nitrogens is 2. The van der Waals surface area contributed by atoms with Crippen LogP contribution in [0.2, 0.25) is 0 Å². The van der Waals surface area contributed by atoms with Crippen molar-refractivity contribution in [3.05, 3.63) is 53.7 Å². The molecular formula is C27H30FN5O4. The molecule has 2 aromatic heterocycles. The predicted molar refractivity (Wildman–Crippen MR) is 137 cm³/mol. The number of para-hydroxylation sites is 1. The molecule has 0 aliphatic carbocycles. The largest absolute Gasteiger partial charge is 0.492 e. The average molecular weight is 508 g/mol. The van der Waals surface area contributed by atoms with Gasteiger partial charge in [0.05, 0.1) is 35.9 Å². The van der Waals surface area contributed by atoms with Crippen LogP contribution < -0.4 is 25.4 Å². The number of hydrogen-bond acceptors (Lipinski definition) is 7. The smallest absolute Gasteiger partial charge is 0.255 e. The molecule has 4 N–H and O–H groups in total. The lowest BCUT2D eigenvalue weighted by Crippen LogP contribution is -2.37. The number of anilines is 2. The second kappa shape index (κ2) is 10.6. The van der Waals surface area contributed by atoms with Crippen LogP contribution in [0.5, 0.6) is 11.5 Å². The molecule has 2 aliphatic heterocycles. The zero-order valence-electron chi connectivity index (χ0n) is 20.8. The number of methoxy groups -OCH3 is 1. The van der Waals surface area contributed by atoms with Gasteiger partial charge in [-0.2, -0.15) is 0 Å². The molecular weight excluding hydrogens is 477 g/mol. The number of nitrogens with zero attached hydrogens (tertiary/aromatic N) is 1. The van der Waals surface area contributed by atoms with Gasteiger partial charge in [-0.15, -0.1) is 0 Å². The number of nitrogens with one attached hydrogen (secondary N) is 4. The van der Waals surface area contributed by atoms with Crippen LogP contribution in [-0.2, 0) is 4.79 Å². The average Bonchev–Trinajstić information content (AvgIpc) is 3.56. The van der Waals surface area contributed by atoms with E-state index in [4.69, 9.17) is 9.47 Å². The minimum Gasteiger partial charge on any atom is -0.492 e. The summed E-state index contributed by atoms with van der Waals surface area (Å²) in [6.45, 7) is 3.58. The molecule has 3 atom stereocenters. The summed E-state index contributed by atoms with van der Waals surface area (Å²) in [4.78, 5) is 32.5. The molecule has 1 fully saturated rings. The van der Waals surface area contributed by atoms with Gasteiger partial charge in [0.25, 0.3) is 5.91 Å². The summed E-state index contributed by atoms with van der Waals surface area (Å²) in [5, 5.41) is 9.55. The Hall–Kier alpha value is -3.92. The highest BCUT2D eigenvalue weighted by atomic mass is 19.1. The van der Waals surface area contributed by atoms with Crippen molar-refractivity contribution >= 4 is 23.6 Å². The van der Waals surface area contributed by atoms with E-state index in [2.05, 4.69) is 25.9 Å². The van der Waals surface area contributed by atoms with Gasteiger partial charge in [-0.05, 0) is 37.6 Å². The predicted octanol–water partition coefficient (Wildman–Crippen LogP) is 3.76.